The third-order valence-electron chi connectivity index (χ3n) is 5.76. The lowest BCUT2D eigenvalue weighted by molar-refractivity contribution is -0.119. The molecule has 2 heterocycles. The minimum absolute atomic E-state index is 0.0235. The van der Waals surface area contributed by atoms with Crippen LogP contribution in [0.5, 0.6) is 5.75 Å². The van der Waals surface area contributed by atoms with Crippen molar-refractivity contribution < 1.29 is 9.53 Å². The summed E-state index contributed by atoms with van der Waals surface area (Å²) in [7, 11) is 1.67. The van der Waals surface area contributed by atoms with Crippen molar-refractivity contribution >= 4 is 22.4 Å². The van der Waals surface area contributed by atoms with Gasteiger partial charge in [0.2, 0.25) is 11.0 Å². The molecule has 4 unspecified atom stereocenters. The molecule has 3 N–H and O–H groups in total. The molecule has 2 fully saturated rings. The van der Waals surface area contributed by atoms with Crippen molar-refractivity contribution in [3.63, 3.8) is 0 Å². The smallest absolute Gasteiger partial charge is 0.245 e. The summed E-state index contributed by atoms with van der Waals surface area (Å²) in [6.07, 6.45) is 5.05. The molecule has 4 rings (SSSR count). The number of hydrogen-bond donors (Lipinski definition) is 3. The predicted molar refractivity (Wildman–Crippen MR) is 109 cm³/mol. The maximum absolute atomic E-state index is 12.7. The zero-order valence-corrected chi connectivity index (χ0v) is 17.1. The molecule has 0 radical (unpaired) electrons. The standard InChI is InChI=1S/C20H27N5O2S/c1-12-6-8-16-15(10-12)18(24-22-16)19(26)21-20-25-23-17(28-20)9-7-13-4-3-5-14(11-13)27-2/h3-5,11-12,15-16,18,22,24H,6-10H2,1-2H3,(H,21,25,26). The van der Waals surface area contributed by atoms with Crippen LogP contribution in [-0.4, -0.2) is 35.3 Å². The average Bonchev–Trinajstić information content (AvgIpc) is 3.33. The third-order valence-corrected chi connectivity index (χ3v) is 6.65. The van der Waals surface area contributed by atoms with Crippen molar-refractivity contribution in [2.24, 2.45) is 11.8 Å². The van der Waals surface area contributed by atoms with Crippen molar-refractivity contribution in [1.29, 1.82) is 0 Å². The summed E-state index contributed by atoms with van der Waals surface area (Å²) in [6.45, 7) is 2.27. The summed E-state index contributed by atoms with van der Waals surface area (Å²) in [6, 6.07) is 8.21. The zero-order valence-electron chi connectivity index (χ0n) is 16.3. The largest absolute Gasteiger partial charge is 0.497 e. The molecule has 1 aliphatic carbocycles. The van der Waals surface area contributed by atoms with E-state index in [0.717, 1.165) is 36.4 Å². The maximum atomic E-state index is 12.7. The lowest BCUT2D eigenvalue weighted by Gasteiger charge is -2.30. The summed E-state index contributed by atoms with van der Waals surface area (Å²) in [5.74, 6) is 1.84. The quantitative estimate of drug-likeness (QED) is 0.689. The van der Waals surface area contributed by atoms with E-state index in [0.29, 0.717) is 23.0 Å². The van der Waals surface area contributed by atoms with Crippen molar-refractivity contribution in [3.05, 3.63) is 34.8 Å². The Hall–Kier alpha value is -2.03. The number of benzene rings is 1. The number of ether oxygens (including phenoxy) is 1. The van der Waals surface area contributed by atoms with E-state index in [1.54, 1.807) is 7.11 Å². The van der Waals surface area contributed by atoms with Crippen LogP contribution < -0.4 is 20.9 Å². The molecule has 1 aromatic carbocycles. The summed E-state index contributed by atoms with van der Waals surface area (Å²) in [4.78, 5) is 12.7. The van der Waals surface area contributed by atoms with Crippen LogP contribution in [-0.2, 0) is 17.6 Å². The monoisotopic (exact) mass is 401 g/mol. The van der Waals surface area contributed by atoms with Gasteiger partial charge >= 0.3 is 0 Å². The van der Waals surface area contributed by atoms with Crippen molar-refractivity contribution in [3.8, 4) is 5.75 Å². The first kappa shape index (κ1) is 19.3. The summed E-state index contributed by atoms with van der Waals surface area (Å²) in [5.41, 5.74) is 7.67. The average molecular weight is 402 g/mol. The van der Waals surface area contributed by atoms with Crippen LogP contribution in [0, 0.1) is 11.8 Å². The van der Waals surface area contributed by atoms with E-state index in [-0.39, 0.29) is 11.9 Å². The van der Waals surface area contributed by atoms with Gasteiger partial charge in [0.25, 0.3) is 0 Å². The van der Waals surface area contributed by atoms with E-state index in [2.05, 4.69) is 39.4 Å². The SMILES string of the molecule is COc1cccc(CCc2nnc(NC(=O)C3NNC4CCC(C)CC43)s2)c1. The van der Waals surface area contributed by atoms with Crippen LogP contribution in [0.4, 0.5) is 5.13 Å². The van der Waals surface area contributed by atoms with Crippen LogP contribution >= 0.6 is 11.3 Å². The van der Waals surface area contributed by atoms with Gasteiger partial charge in [-0.3, -0.25) is 15.5 Å². The van der Waals surface area contributed by atoms with E-state index < -0.39 is 0 Å². The Balaban J connectivity index is 1.32. The first-order valence-electron chi connectivity index (χ1n) is 9.89. The Labute approximate surface area is 169 Å². The first-order chi connectivity index (χ1) is 13.6. The summed E-state index contributed by atoms with van der Waals surface area (Å²) >= 11 is 1.45. The molecule has 1 saturated carbocycles. The highest BCUT2D eigenvalue weighted by molar-refractivity contribution is 7.15. The van der Waals surface area contributed by atoms with Crippen LogP contribution in [0.2, 0.25) is 0 Å². The Morgan fingerprint density at radius 2 is 2.18 bits per heavy atom. The molecule has 0 bridgehead atoms. The van der Waals surface area contributed by atoms with Gasteiger partial charge in [-0.1, -0.05) is 30.4 Å². The molecule has 1 amide bonds. The molecule has 28 heavy (non-hydrogen) atoms. The molecule has 1 aliphatic heterocycles. The lowest BCUT2D eigenvalue weighted by atomic mass is 9.76. The second kappa shape index (κ2) is 8.55. The second-order valence-electron chi connectivity index (χ2n) is 7.80. The number of anilines is 1. The fourth-order valence-corrected chi connectivity index (χ4v) is 4.95. The van der Waals surface area contributed by atoms with Crippen LogP contribution in [0.1, 0.15) is 36.8 Å². The highest BCUT2D eigenvalue weighted by Gasteiger charge is 2.42. The van der Waals surface area contributed by atoms with Gasteiger partial charge in [-0.25, -0.2) is 5.43 Å². The van der Waals surface area contributed by atoms with Gasteiger partial charge in [0.05, 0.1) is 7.11 Å². The normalized spacial score (nSPS) is 26.6. The Morgan fingerprint density at radius 1 is 1.29 bits per heavy atom. The molecule has 7 nitrogen and oxygen atoms in total. The second-order valence-corrected chi connectivity index (χ2v) is 8.86. The highest BCUT2D eigenvalue weighted by Crippen LogP contribution is 2.34. The maximum Gasteiger partial charge on any atom is 0.245 e. The minimum atomic E-state index is -0.211. The van der Waals surface area contributed by atoms with Crippen LogP contribution in [0.15, 0.2) is 24.3 Å². The Morgan fingerprint density at radius 3 is 3.04 bits per heavy atom. The number of nitrogens with zero attached hydrogens (tertiary/aromatic N) is 2. The number of methoxy groups -OCH3 is 1. The number of hydrazine groups is 1. The molecule has 2 aromatic rings. The highest BCUT2D eigenvalue weighted by atomic mass is 32.1. The molecule has 1 aromatic heterocycles. The van der Waals surface area contributed by atoms with E-state index in [1.807, 2.05) is 18.2 Å². The number of amides is 1. The van der Waals surface area contributed by atoms with Gasteiger partial charge in [0.15, 0.2) is 0 Å². The predicted octanol–water partition coefficient (Wildman–Crippen LogP) is 2.55. The molecule has 4 atom stereocenters. The van der Waals surface area contributed by atoms with E-state index in [4.69, 9.17) is 4.74 Å². The van der Waals surface area contributed by atoms with Gasteiger partial charge in [0, 0.05) is 18.4 Å². The number of rotatable bonds is 6. The molecule has 8 heteroatoms. The fourth-order valence-electron chi connectivity index (χ4n) is 4.20. The first-order valence-corrected chi connectivity index (χ1v) is 10.7. The molecular weight excluding hydrogens is 374 g/mol. The van der Waals surface area contributed by atoms with Crippen molar-refractivity contribution in [2.75, 3.05) is 12.4 Å². The lowest BCUT2D eigenvalue weighted by Crippen LogP contribution is -2.42. The third kappa shape index (κ3) is 4.34. The number of aryl methyl sites for hydroxylation is 2. The molecule has 1 saturated heterocycles. The summed E-state index contributed by atoms with van der Waals surface area (Å²) in [5, 5.41) is 12.8. The number of carbonyl (C=O) groups excluding carboxylic acids is 1. The van der Waals surface area contributed by atoms with Crippen LogP contribution in [0.3, 0.4) is 0 Å². The number of aromatic nitrogens is 2. The van der Waals surface area contributed by atoms with Crippen molar-refractivity contribution in [1.82, 2.24) is 21.0 Å². The Kier molecular flexibility index (Phi) is 5.89. The Bertz CT molecular complexity index is 826. The van der Waals surface area contributed by atoms with E-state index >= 15 is 0 Å². The molecular formula is C20H27N5O2S. The zero-order chi connectivity index (χ0) is 19.5. The van der Waals surface area contributed by atoms with Gasteiger partial charge in [-0.05, 0) is 49.3 Å². The van der Waals surface area contributed by atoms with Gasteiger partial charge < -0.3 is 4.74 Å². The van der Waals surface area contributed by atoms with E-state index in [9.17, 15) is 4.79 Å². The number of nitrogens with one attached hydrogen (secondary N) is 3. The molecule has 2 aliphatic rings. The number of hydrogen-bond acceptors (Lipinski definition) is 7. The summed E-state index contributed by atoms with van der Waals surface area (Å²) < 4.78 is 5.26. The minimum Gasteiger partial charge on any atom is -0.497 e. The van der Waals surface area contributed by atoms with Crippen LogP contribution in [0.25, 0.3) is 0 Å². The number of carbonyl (C=O) groups is 1. The van der Waals surface area contributed by atoms with Gasteiger partial charge in [-0.15, -0.1) is 10.2 Å². The van der Waals surface area contributed by atoms with Gasteiger partial charge in [-0.2, -0.15) is 0 Å². The fraction of sp³-hybridized carbons (Fsp3) is 0.550. The topological polar surface area (TPSA) is 88.2 Å². The molecule has 0 spiro atoms. The van der Waals surface area contributed by atoms with Crippen molar-refractivity contribution in [2.45, 2.75) is 51.1 Å². The number of fused-ring (bicyclic) bond motifs is 1. The molecule has 150 valence electrons. The van der Waals surface area contributed by atoms with Gasteiger partial charge in [0.1, 0.15) is 16.8 Å². The van der Waals surface area contributed by atoms with E-state index in [1.165, 1.54) is 23.3 Å².